The molecule has 0 radical (unpaired) electrons. The van der Waals surface area contributed by atoms with Gasteiger partial charge < -0.3 is 9.80 Å². The van der Waals surface area contributed by atoms with Crippen LogP contribution in [0.2, 0.25) is 0 Å². The third-order valence-corrected chi connectivity index (χ3v) is 4.53. The third kappa shape index (κ3) is 2.97. The fourth-order valence-corrected chi connectivity index (χ4v) is 3.12. The van der Waals surface area contributed by atoms with Crippen LogP contribution in [-0.4, -0.2) is 56.0 Å². The van der Waals surface area contributed by atoms with Gasteiger partial charge in [0.25, 0.3) is 5.92 Å². The molecule has 2 heterocycles. The van der Waals surface area contributed by atoms with E-state index < -0.39 is 5.92 Å². The van der Waals surface area contributed by atoms with Crippen molar-refractivity contribution in [3.05, 3.63) is 0 Å². The molecule has 0 aromatic heterocycles. The Morgan fingerprint density at radius 2 is 1.06 bits per heavy atom. The monoisotopic (exact) mass is 246 g/mol. The summed E-state index contributed by atoms with van der Waals surface area (Å²) in [4.78, 5) is 4.31. The van der Waals surface area contributed by atoms with E-state index in [1.807, 2.05) is 14.1 Å². The maximum Gasteiger partial charge on any atom is 0.253 e. The van der Waals surface area contributed by atoms with E-state index in [-0.39, 0.29) is 11.8 Å². The highest BCUT2D eigenvalue weighted by Crippen LogP contribution is 2.42. The minimum Gasteiger partial charge on any atom is -0.306 e. The molecule has 2 aliphatic rings. The number of alkyl halides is 2. The second-order valence-corrected chi connectivity index (χ2v) is 5.83. The highest BCUT2D eigenvalue weighted by Gasteiger charge is 2.47. The van der Waals surface area contributed by atoms with Gasteiger partial charge in [-0.15, -0.1) is 0 Å². The Morgan fingerprint density at radius 1 is 0.765 bits per heavy atom. The standard InChI is InChI=1S/C13H24F2N2/c1-16-7-3-11(4-8-16)13(14,15)12-5-9-17(2)10-6-12/h11-12H,3-10H2,1-2H3. The SMILES string of the molecule is CN1CCC(C(F)(F)C2CCN(C)CC2)CC1. The van der Waals surface area contributed by atoms with Gasteiger partial charge in [-0.05, 0) is 66.0 Å². The normalized spacial score (nSPS) is 27.5. The van der Waals surface area contributed by atoms with Gasteiger partial charge in [0.1, 0.15) is 0 Å². The average Bonchev–Trinajstić information content (AvgIpc) is 2.30. The Labute approximate surface area is 103 Å². The molecule has 0 amide bonds. The molecule has 0 aromatic rings. The summed E-state index contributed by atoms with van der Waals surface area (Å²) < 4.78 is 28.8. The van der Waals surface area contributed by atoms with Crippen molar-refractivity contribution in [3.63, 3.8) is 0 Å². The van der Waals surface area contributed by atoms with Crippen LogP contribution >= 0.6 is 0 Å². The van der Waals surface area contributed by atoms with Gasteiger partial charge in [0.05, 0.1) is 0 Å². The van der Waals surface area contributed by atoms with Crippen LogP contribution in [0.1, 0.15) is 25.7 Å². The Hall–Kier alpha value is -0.220. The maximum atomic E-state index is 14.4. The summed E-state index contributed by atoms with van der Waals surface area (Å²) in [5, 5.41) is 0. The van der Waals surface area contributed by atoms with Crippen molar-refractivity contribution in [2.75, 3.05) is 40.3 Å². The number of piperidine rings is 2. The highest BCUT2D eigenvalue weighted by atomic mass is 19.3. The molecule has 0 aromatic carbocycles. The predicted molar refractivity (Wildman–Crippen MR) is 65.4 cm³/mol. The Kier molecular flexibility index (Phi) is 4.03. The number of halogens is 2. The van der Waals surface area contributed by atoms with Crippen molar-refractivity contribution in [2.24, 2.45) is 11.8 Å². The number of rotatable bonds is 2. The molecule has 4 heteroatoms. The van der Waals surface area contributed by atoms with E-state index in [1.54, 1.807) is 0 Å². The van der Waals surface area contributed by atoms with Crippen LogP contribution in [-0.2, 0) is 0 Å². The average molecular weight is 246 g/mol. The van der Waals surface area contributed by atoms with E-state index in [9.17, 15) is 8.78 Å². The lowest BCUT2D eigenvalue weighted by Gasteiger charge is -2.40. The van der Waals surface area contributed by atoms with Crippen LogP contribution in [0.4, 0.5) is 8.78 Å². The molecule has 0 atom stereocenters. The Bertz CT molecular complexity index is 218. The molecular weight excluding hydrogens is 222 g/mol. The zero-order valence-corrected chi connectivity index (χ0v) is 11.0. The van der Waals surface area contributed by atoms with Crippen LogP contribution in [0.3, 0.4) is 0 Å². The second-order valence-electron chi connectivity index (χ2n) is 5.83. The van der Waals surface area contributed by atoms with Gasteiger partial charge in [0.15, 0.2) is 0 Å². The van der Waals surface area contributed by atoms with Crippen LogP contribution in [0.15, 0.2) is 0 Å². The third-order valence-electron chi connectivity index (χ3n) is 4.53. The molecule has 0 aliphatic carbocycles. The predicted octanol–water partition coefficient (Wildman–Crippen LogP) is 2.31. The first-order chi connectivity index (χ1) is 8.00. The lowest BCUT2D eigenvalue weighted by Crippen LogP contribution is -2.46. The van der Waals surface area contributed by atoms with E-state index in [0.717, 1.165) is 26.2 Å². The fraction of sp³-hybridized carbons (Fsp3) is 1.00. The van der Waals surface area contributed by atoms with Gasteiger partial charge in [-0.2, -0.15) is 0 Å². The van der Waals surface area contributed by atoms with E-state index >= 15 is 0 Å². The molecule has 0 bridgehead atoms. The van der Waals surface area contributed by atoms with E-state index in [0.29, 0.717) is 25.7 Å². The van der Waals surface area contributed by atoms with Gasteiger partial charge in [0.2, 0.25) is 0 Å². The van der Waals surface area contributed by atoms with Gasteiger partial charge >= 0.3 is 0 Å². The lowest BCUT2D eigenvalue weighted by atomic mass is 9.79. The number of hydrogen-bond acceptors (Lipinski definition) is 2. The van der Waals surface area contributed by atoms with Crippen molar-refractivity contribution in [3.8, 4) is 0 Å². The summed E-state index contributed by atoms with van der Waals surface area (Å²) in [6.07, 6.45) is 2.65. The molecule has 0 N–H and O–H groups in total. The first-order valence-corrected chi connectivity index (χ1v) is 6.75. The largest absolute Gasteiger partial charge is 0.306 e. The Balaban J connectivity index is 1.93. The summed E-state index contributed by atoms with van der Waals surface area (Å²) in [6.45, 7) is 3.31. The van der Waals surface area contributed by atoms with Gasteiger partial charge in [-0.3, -0.25) is 0 Å². The first kappa shape index (κ1) is 13.2. The van der Waals surface area contributed by atoms with Crippen molar-refractivity contribution in [1.82, 2.24) is 9.80 Å². The lowest BCUT2D eigenvalue weighted by molar-refractivity contribution is -0.135. The van der Waals surface area contributed by atoms with Crippen LogP contribution in [0.25, 0.3) is 0 Å². The van der Waals surface area contributed by atoms with Crippen LogP contribution in [0, 0.1) is 11.8 Å². The number of nitrogens with zero attached hydrogens (tertiary/aromatic N) is 2. The molecule has 2 saturated heterocycles. The van der Waals surface area contributed by atoms with Gasteiger partial charge in [-0.25, -0.2) is 8.78 Å². The molecule has 2 aliphatic heterocycles. The number of likely N-dealkylation sites (tertiary alicyclic amines) is 2. The van der Waals surface area contributed by atoms with E-state index in [1.165, 1.54) is 0 Å². The molecule has 2 nitrogen and oxygen atoms in total. The molecule has 2 rings (SSSR count). The first-order valence-electron chi connectivity index (χ1n) is 6.75. The van der Waals surface area contributed by atoms with Crippen molar-refractivity contribution in [2.45, 2.75) is 31.6 Å². The summed E-state index contributed by atoms with van der Waals surface area (Å²) in [5.41, 5.74) is 0. The zero-order chi connectivity index (χ0) is 12.5. The zero-order valence-electron chi connectivity index (χ0n) is 11.0. The highest BCUT2D eigenvalue weighted by molar-refractivity contribution is 4.89. The molecule has 100 valence electrons. The fourth-order valence-electron chi connectivity index (χ4n) is 3.12. The summed E-state index contributed by atoms with van der Waals surface area (Å²) in [5.74, 6) is -3.21. The molecule has 0 unspecified atom stereocenters. The van der Waals surface area contributed by atoms with Crippen molar-refractivity contribution in [1.29, 1.82) is 0 Å². The van der Waals surface area contributed by atoms with Crippen molar-refractivity contribution >= 4 is 0 Å². The number of hydrogen-bond donors (Lipinski definition) is 0. The minimum atomic E-state index is -2.44. The van der Waals surface area contributed by atoms with Gasteiger partial charge in [-0.1, -0.05) is 0 Å². The van der Waals surface area contributed by atoms with Crippen LogP contribution < -0.4 is 0 Å². The smallest absolute Gasteiger partial charge is 0.253 e. The van der Waals surface area contributed by atoms with E-state index in [2.05, 4.69) is 9.80 Å². The molecule has 0 spiro atoms. The second kappa shape index (κ2) is 5.19. The molecular formula is C13H24F2N2. The molecule has 0 saturated carbocycles. The van der Waals surface area contributed by atoms with Crippen molar-refractivity contribution < 1.29 is 8.78 Å². The Morgan fingerprint density at radius 3 is 1.35 bits per heavy atom. The molecule has 2 fully saturated rings. The maximum absolute atomic E-state index is 14.4. The molecule has 17 heavy (non-hydrogen) atoms. The summed E-state index contributed by atoms with van der Waals surface area (Å²) in [7, 11) is 4.04. The summed E-state index contributed by atoms with van der Waals surface area (Å²) >= 11 is 0. The summed E-state index contributed by atoms with van der Waals surface area (Å²) in [6, 6.07) is 0. The van der Waals surface area contributed by atoms with Crippen LogP contribution in [0.5, 0.6) is 0 Å². The topological polar surface area (TPSA) is 6.48 Å². The van der Waals surface area contributed by atoms with E-state index in [4.69, 9.17) is 0 Å². The van der Waals surface area contributed by atoms with Gasteiger partial charge in [0, 0.05) is 11.8 Å². The minimum absolute atomic E-state index is 0.382. The quantitative estimate of drug-likeness (QED) is 0.737.